The zero-order valence-electron chi connectivity index (χ0n) is 13.6. The molecule has 0 spiro atoms. The summed E-state index contributed by atoms with van der Waals surface area (Å²) in [4.78, 5) is 16.5. The number of carbonyl (C=O) groups is 1. The highest BCUT2D eigenvalue weighted by Crippen LogP contribution is 2.18. The standard InChI is InChI=1S/C18H20N4O/c1-18(2,3)17(23)20-15-9-11-22(21-15)12-14-7-4-6-13-8-5-10-19-16(13)14/h4-11H,12H2,1-3H3,(H,20,21,23). The minimum Gasteiger partial charge on any atom is -0.309 e. The first-order valence-corrected chi connectivity index (χ1v) is 7.61. The Morgan fingerprint density at radius 3 is 2.74 bits per heavy atom. The van der Waals surface area contributed by atoms with E-state index in [1.807, 2.05) is 68.0 Å². The van der Waals surface area contributed by atoms with Gasteiger partial charge in [-0.2, -0.15) is 5.10 Å². The van der Waals surface area contributed by atoms with Crippen LogP contribution < -0.4 is 5.32 Å². The second-order valence-corrected chi connectivity index (χ2v) is 6.59. The molecule has 1 aromatic carbocycles. The molecule has 118 valence electrons. The average Bonchev–Trinajstić information content (AvgIpc) is 2.94. The van der Waals surface area contributed by atoms with E-state index in [1.54, 1.807) is 6.20 Å². The van der Waals surface area contributed by atoms with E-state index in [1.165, 1.54) is 0 Å². The van der Waals surface area contributed by atoms with Gasteiger partial charge >= 0.3 is 0 Å². The van der Waals surface area contributed by atoms with Crippen molar-refractivity contribution in [2.45, 2.75) is 27.3 Å². The number of anilines is 1. The van der Waals surface area contributed by atoms with Crippen molar-refractivity contribution in [3.8, 4) is 0 Å². The van der Waals surface area contributed by atoms with Gasteiger partial charge in [-0.1, -0.05) is 45.0 Å². The van der Waals surface area contributed by atoms with Gasteiger partial charge in [-0.05, 0) is 11.6 Å². The monoisotopic (exact) mass is 308 g/mol. The predicted molar refractivity (Wildman–Crippen MR) is 91.2 cm³/mol. The molecule has 0 bridgehead atoms. The van der Waals surface area contributed by atoms with E-state index < -0.39 is 5.41 Å². The lowest BCUT2D eigenvalue weighted by molar-refractivity contribution is -0.123. The van der Waals surface area contributed by atoms with Crippen molar-refractivity contribution in [3.63, 3.8) is 0 Å². The fourth-order valence-corrected chi connectivity index (χ4v) is 2.29. The van der Waals surface area contributed by atoms with Crippen LogP contribution in [0.1, 0.15) is 26.3 Å². The van der Waals surface area contributed by atoms with Gasteiger partial charge in [-0.25, -0.2) is 0 Å². The van der Waals surface area contributed by atoms with Gasteiger partial charge in [0.1, 0.15) is 0 Å². The van der Waals surface area contributed by atoms with E-state index in [9.17, 15) is 4.79 Å². The topological polar surface area (TPSA) is 59.8 Å². The summed E-state index contributed by atoms with van der Waals surface area (Å²) >= 11 is 0. The van der Waals surface area contributed by atoms with Crippen LogP contribution in [0.2, 0.25) is 0 Å². The lowest BCUT2D eigenvalue weighted by Gasteiger charge is -2.16. The van der Waals surface area contributed by atoms with Crippen LogP contribution in [0.3, 0.4) is 0 Å². The molecule has 0 unspecified atom stereocenters. The van der Waals surface area contributed by atoms with Crippen molar-refractivity contribution < 1.29 is 4.79 Å². The maximum absolute atomic E-state index is 12.0. The fourth-order valence-electron chi connectivity index (χ4n) is 2.29. The molecule has 0 radical (unpaired) electrons. The third-order valence-electron chi connectivity index (χ3n) is 3.61. The quantitative estimate of drug-likeness (QED) is 0.806. The van der Waals surface area contributed by atoms with Crippen LogP contribution in [-0.2, 0) is 11.3 Å². The highest BCUT2D eigenvalue weighted by Gasteiger charge is 2.21. The highest BCUT2D eigenvalue weighted by molar-refractivity contribution is 5.93. The Balaban J connectivity index is 1.80. The minimum atomic E-state index is -0.441. The first-order chi connectivity index (χ1) is 10.9. The van der Waals surface area contributed by atoms with E-state index in [0.717, 1.165) is 16.5 Å². The van der Waals surface area contributed by atoms with Gasteiger partial charge in [0, 0.05) is 29.3 Å². The SMILES string of the molecule is CC(C)(C)C(=O)Nc1ccn(Cc2cccc3cccnc23)n1. The predicted octanol–water partition coefficient (Wildman–Crippen LogP) is 3.46. The van der Waals surface area contributed by atoms with Crippen LogP contribution in [0.15, 0.2) is 48.8 Å². The van der Waals surface area contributed by atoms with E-state index in [-0.39, 0.29) is 5.91 Å². The van der Waals surface area contributed by atoms with Crippen molar-refractivity contribution in [1.82, 2.24) is 14.8 Å². The van der Waals surface area contributed by atoms with Gasteiger partial charge in [0.15, 0.2) is 5.82 Å². The third kappa shape index (κ3) is 3.39. The van der Waals surface area contributed by atoms with Crippen LogP contribution in [0.4, 0.5) is 5.82 Å². The number of para-hydroxylation sites is 1. The summed E-state index contributed by atoms with van der Waals surface area (Å²) in [6.45, 7) is 6.24. The van der Waals surface area contributed by atoms with Gasteiger partial charge in [0.2, 0.25) is 5.91 Å². The van der Waals surface area contributed by atoms with Crippen molar-refractivity contribution in [3.05, 3.63) is 54.4 Å². The lowest BCUT2D eigenvalue weighted by atomic mass is 9.96. The summed E-state index contributed by atoms with van der Waals surface area (Å²) in [5.74, 6) is 0.521. The Morgan fingerprint density at radius 2 is 1.96 bits per heavy atom. The number of nitrogens with zero attached hydrogens (tertiary/aromatic N) is 3. The molecule has 0 saturated carbocycles. The minimum absolute atomic E-state index is 0.0467. The summed E-state index contributed by atoms with van der Waals surface area (Å²) in [5, 5.41) is 8.37. The molecule has 0 aliphatic carbocycles. The van der Waals surface area contributed by atoms with E-state index >= 15 is 0 Å². The molecule has 0 aliphatic rings. The Kier molecular flexibility index (Phi) is 3.86. The molecule has 3 aromatic rings. The largest absolute Gasteiger partial charge is 0.309 e. The molecule has 1 N–H and O–H groups in total. The Morgan fingerprint density at radius 1 is 1.17 bits per heavy atom. The molecule has 1 amide bonds. The zero-order chi connectivity index (χ0) is 16.4. The van der Waals surface area contributed by atoms with Crippen molar-refractivity contribution in [2.75, 3.05) is 5.32 Å². The summed E-state index contributed by atoms with van der Waals surface area (Å²) in [5.41, 5.74) is 1.63. The highest BCUT2D eigenvalue weighted by atomic mass is 16.2. The number of amides is 1. The number of pyridine rings is 1. The summed E-state index contributed by atoms with van der Waals surface area (Å²) in [7, 11) is 0. The number of benzene rings is 1. The average molecular weight is 308 g/mol. The van der Waals surface area contributed by atoms with E-state index in [4.69, 9.17) is 0 Å². The second kappa shape index (κ2) is 5.83. The van der Waals surface area contributed by atoms with Crippen molar-refractivity contribution >= 4 is 22.6 Å². The van der Waals surface area contributed by atoms with Crippen LogP contribution in [0.5, 0.6) is 0 Å². The molecule has 5 heteroatoms. The lowest BCUT2D eigenvalue weighted by Crippen LogP contribution is -2.27. The third-order valence-corrected chi connectivity index (χ3v) is 3.61. The molecule has 2 heterocycles. The molecular formula is C18H20N4O. The Hall–Kier alpha value is -2.69. The number of aromatic nitrogens is 3. The Labute approximate surface area is 135 Å². The molecule has 23 heavy (non-hydrogen) atoms. The molecule has 0 aliphatic heterocycles. The maximum atomic E-state index is 12.0. The van der Waals surface area contributed by atoms with Gasteiger partial charge in [-0.3, -0.25) is 14.5 Å². The van der Waals surface area contributed by atoms with Crippen LogP contribution in [0.25, 0.3) is 10.9 Å². The Bertz CT molecular complexity index is 840. The van der Waals surface area contributed by atoms with E-state index in [0.29, 0.717) is 12.4 Å². The maximum Gasteiger partial charge on any atom is 0.230 e. The zero-order valence-corrected chi connectivity index (χ0v) is 13.6. The molecule has 5 nitrogen and oxygen atoms in total. The number of carbonyl (C=O) groups excluding carboxylic acids is 1. The summed E-state index contributed by atoms with van der Waals surface area (Å²) in [6, 6.07) is 11.9. The van der Waals surface area contributed by atoms with Crippen LogP contribution in [0, 0.1) is 5.41 Å². The first-order valence-electron chi connectivity index (χ1n) is 7.61. The van der Waals surface area contributed by atoms with Gasteiger partial charge in [0.05, 0.1) is 12.1 Å². The molecule has 2 aromatic heterocycles. The first kappa shape index (κ1) is 15.2. The number of fused-ring (bicyclic) bond motifs is 1. The van der Waals surface area contributed by atoms with E-state index in [2.05, 4.69) is 15.4 Å². The molecule has 3 rings (SSSR count). The number of rotatable bonds is 3. The molecule has 0 saturated heterocycles. The van der Waals surface area contributed by atoms with Crippen LogP contribution >= 0.6 is 0 Å². The fraction of sp³-hybridized carbons (Fsp3) is 0.278. The number of hydrogen-bond donors (Lipinski definition) is 1. The summed E-state index contributed by atoms with van der Waals surface area (Å²) in [6.07, 6.45) is 3.66. The normalized spacial score (nSPS) is 11.6. The van der Waals surface area contributed by atoms with Gasteiger partial charge in [-0.15, -0.1) is 0 Å². The smallest absolute Gasteiger partial charge is 0.230 e. The van der Waals surface area contributed by atoms with Gasteiger partial charge < -0.3 is 5.32 Å². The molecular weight excluding hydrogens is 288 g/mol. The second-order valence-electron chi connectivity index (χ2n) is 6.59. The summed E-state index contributed by atoms with van der Waals surface area (Å²) < 4.78 is 1.81. The van der Waals surface area contributed by atoms with Crippen molar-refractivity contribution in [2.24, 2.45) is 5.41 Å². The van der Waals surface area contributed by atoms with Crippen molar-refractivity contribution in [1.29, 1.82) is 0 Å². The molecule has 0 fully saturated rings. The number of nitrogens with one attached hydrogen (secondary N) is 1. The molecule has 0 atom stereocenters. The van der Waals surface area contributed by atoms with Gasteiger partial charge in [0.25, 0.3) is 0 Å². The van der Waals surface area contributed by atoms with Crippen LogP contribution in [-0.4, -0.2) is 20.7 Å². The number of hydrogen-bond acceptors (Lipinski definition) is 3.